The summed E-state index contributed by atoms with van der Waals surface area (Å²) < 4.78 is 17.3. The highest BCUT2D eigenvalue weighted by Gasteiger charge is 2.68. The van der Waals surface area contributed by atoms with Crippen molar-refractivity contribution in [1.29, 1.82) is 0 Å². The lowest BCUT2D eigenvalue weighted by atomic mass is 9.59. The van der Waals surface area contributed by atoms with E-state index >= 15 is 0 Å². The quantitative estimate of drug-likeness (QED) is 0.693. The third-order valence-corrected chi connectivity index (χ3v) is 8.02. The Labute approximate surface area is 184 Å². The average Bonchev–Trinajstić information content (AvgIpc) is 3.24. The highest BCUT2D eigenvalue weighted by atomic mass is 16.5. The van der Waals surface area contributed by atoms with Crippen molar-refractivity contribution in [1.82, 2.24) is 5.32 Å². The van der Waals surface area contributed by atoms with Crippen LogP contribution in [-0.4, -0.2) is 38.2 Å². The Bertz CT molecular complexity index is 870. The second kappa shape index (κ2) is 8.01. The smallest absolute Gasteiger partial charge is 0.255 e. The summed E-state index contributed by atoms with van der Waals surface area (Å²) in [7, 11) is 1.58. The molecule has 1 aromatic rings. The van der Waals surface area contributed by atoms with E-state index in [0.717, 1.165) is 24.8 Å². The van der Waals surface area contributed by atoms with Gasteiger partial charge in [-0.3, -0.25) is 9.59 Å². The van der Waals surface area contributed by atoms with E-state index in [1.165, 1.54) is 0 Å². The van der Waals surface area contributed by atoms with Gasteiger partial charge in [0.1, 0.15) is 0 Å². The van der Waals surface area contributed by atoms with Crippen LogP contribution in [0.2, 0.25) is 0 Å². The zero-order valence-corrected chi connectivity index (χ0v) is 18.9. The molecule has 3 N–H and O–H groups in total. The summed E-state index contributed by atoms with van der Waals surface area (Å²) in [5.41, 5.74) is 6.36. The molecule has 1 unspecified atom stereocenters. The van der Waals surface area contributed by atoms with Gasteiger partial charge in [0, 0.05) is 19.1 Å². The Morgan fingerprint density at radius 2 is 2.06 bits per heavy atom. The minimum absolute atomic E-state index is 0.0519. The second-order valence-corrected chi connectivity index (χ2v) is 9.86. The molecule has 2 aliphatic carbocycles. The van der Waals surface area contributed by atoms with Gasteiger partial charge < -0.3 is 25.3 Å². The Balaban J connectivity index is 1.63. The maximum atomic E-state index is 12.4. The molecule has 7 nitrogen and oxygen atoms in total. The minimum Gasteiger partial charge on any atom is -0.493 e. The first-order valence-corrected chi connectivity index (χ1v) is 11.2. The van der Waals surface area contributed by atoms with Gasteiger partial charge in [-0.2, -0.15) is 0 Å². The number of benzene rings is 1. The van der Waals surface area contributed by atoms with Crippen molar-refractivity contribution in [2.45, 2.75) is 58.6 Å². The largest absolute Gasteiger partial charge is 0.493 e. The highest BCUT2D eigenvalue weighted by molar-refractivity contribution is 5.76. The summed E-state index contributed by atoms with van der Waals surface area (Å²) >= 11 is 0. The molecule has 31 heavy (non-hydrogen) atoms. The fourth-order valence-electron chi connectivity index (χ4n) is 6.51. The van der Waals surface area contributed by atoms with E-state index in [0.29, 0.717) is 36.4 Å². The van der Waals surface area contributed by atoms with Gasteiger partial charge in [-0.25, -0.2) is 0 Å². The van der Waals surface area contributed by atoms with Gasteiger partial charge in [-0.05, 0) is 59.6 Å². The van der Waals surface area contributed by atoms with Gasteiger partial charge in [-0.1, -0.05) is 26.8 Å². The average molecular weight is 431 g/mol. The van der Waals surface area contributed by atoms with E-state index in [-0.39, 0.29) is 35.5 Å². The fourth-order valence-corrected chi connectivity index (χ4v) is 6.51. The summed E-state index contributed by atoms with van der Waals surface area (Å²) in [4.78, 5) is 23.5. The molecule has 170 valence electrons. The predicted octanol–water partition coefficient (Wildman–Crippen LogP) is 2.97. The molecule has 2 bridgehead atoms. The van der Waals surface area contributed by atoms with E-state index in [1.54, 1.807) is 7.11 Å². The molecule has 3 fully saturated rings. The van der Waals surface area contributed by atoms with E-state index in [1.807, 2.05) is 25.1 Å². The predicted molar refractivity (Wildman–Crippen MR) is 116 cm³/mol. The van der Waals surface area contributed by atoms with Crippen LogP contribution in [0.3, 0.4) is 0 Å². The van der Waals surface area contributed by atoms with Crippen LogP contribution in [0.1, 0.15) is 58.1 Å². The molecule has 2 saturated carbocycles. The number of hydrogen-bond donors (Lipinski definition) is 2. The number of ether oxygens (including phenoxy) is 3. The number of carbonyl (C=O) groups is 2. The van der Waals surface area contributed by atoms with Crippen molar-refractivity contribution < 1.29 is 23.8 Å². The molecule has 2 amide bonds. The number of amides is 2. The van der Waals surface area contributed by atoms with Crippen LogP contribution >= 0.6 is 0 Å². The number of primary amides is 1. The van der Waals surface area contributed by atoms with Crippen molar-refractivity contribution in [2.24, 2.45) is 28.4 Å². The van der Waals surface area contributed by atoms with Gasteiger partial charge in [0.25, 0.3) is 5.91 Å². The van der Waals surface area contributed by atoms with Gasteiger partial charge in [0.15, 0.2) is 18.1 Å². The number of rotatable bonds is 7. The molecular formula is C24H34N2O5. The molecule has 5 atom stereocenters. The summed E-state index contributed by atoms with van der Waals surface area (Å²) in [5.74, 6) is 1.53. The van der Waals surface area contributed by atoms with Crippen LogP contribution in [0.5, 0.6) is 11.5 Å². The molecule has 1 spiro atoms. The molecule has 7 heteroatoms. The first kappa shape index (κ1) is 21.9. The lowest BCUT2D eigenvalue weighted by molar-refractivity contribution is -0.137. The van der Waals surface area contributed by atoms with Gasteiger partial charge in [-0.15, -0.1) is 0 Å². The first-order valence-electron chi connectivity index (χ1n) is 11.2. The van der Waals surface area contributed by atoms with Crippen molar-refractivity contribution in [3.63, 3.8) is 0 Å². The monoisotopic (exact) mass is 430 g/mol. The summed E-state index contributed by atoms with van der Waals surface area (Å²) in [6.07, 6.45) is 3.64. The van der Waals surface area contributed by atoms with E-state index in [2.05, 4.69) is 19.2 Å². The number of methoxy groups -OCH3 is 1. The number of hydrogen-bond acceptors (Lipinski definition) is 5. The maximum Gasteiger partial charge on any atom is 0.255 e. The Morgan fingerprint density at radius 1 is 1.29 bits per heavy atom. The molecule has 1 heterocycles. The normalized spacial score (nSPS) is 32.9. The summed E-state index contributed by atoms with van der Waals surface area (Å²) in [6.45, 7) is 7.00. The number of carbonyl (C=O) groups excluding carboxylic acids is 2. The van der Waals surface area contributed by atoms with Gasteiger partial charge >= 0.3 is 0 Å². The molecule has 1 aromatic carbocycles. The fraction of sp³-hybridized carbons (Fsp3) is 0.667. The zero-order chi connectivity index (χ0) is 22.4. The molecule has 1 aliphatic heterocycles. The summed E-state index contributed by atoms with van der Waals surface area (Å²) in [6, 6.07) is 5.90. The van der Waals surface area contributed by atoms with Crippen LogP contribution in [-0.2, 0) is 14.3 Å². The Kier molecular flexibility index (Phi) is 5.66. The SMILES string of the molecule is CCC(=O)N[C@H]1C(C)(C)[C@@H]2C[C@@H]3[C@@H](c4ccc(OCC(N)=O)c(OC)c4)OCCC31C2. The lowest BCUT2D eigenvalue weighted by Gasteiger charge is -2.53. The Morgan fingerprint density at radius 3 is 2.74 bits per heavy atom. The molecule has 0 aromatic heterocycles. The van der Waals surface area contributed by atoms with Crippen LogP contribution in [0.4, 0.5) is 0 Å². The topological polar surface area (TPSA) is 99.9 Å². The molecule has 3 aliphatic rings. The second-order valence-electron chi connectivity index (χ2n) is 9.86. The van der Waals surface area contributed by atoms with E-state index < -0.39 is 5.91 Å². The van der Waals surface area contributed by atoms with Crippen molar-refractivity contribution in [3.05, 3.63) is 23.8 Å². The third-order valence-electron chi connectivity index (χ3n) is 8.02. The van der Waals surface area contributed by atoms with Crippen molar-refractivity contribution >= 4 is 11.8 Å². The standard InChI is InChI=1S/C24H34N2O5/c1-5-20(28)26-22-23(2,3)15-11-16-21(30-9-8-24(16,22)12-15)14-6-7-17(18(10-14)29-4)31-13-19(25)27/h6-7,10,15-16,21-22H,5,8-9,11-13H2,1-4H3,(H2,25,27)(H,26,28)/t15-,16-,21-,22+,24?/m1/s1. The molecule has 1 saturated heterocycles. The number of nitrogens with one attached hydrogen (secondary N) is 1. The van der Waals surface area contributed by atoms with Crippen LogP contribution in [0.25, 0.3) is 0 Å². The van der Waals surface area contributed by atoms with Crippen LogP contribution in [0.15, 0.2) is 18.2 Å². The van der Waals surface area contributed by atoms with Gasteiger partial charge in [0.2, 0.25) is 5.91 Å². The van der Waals surface area contributed by atoms with Crippen LogP contribution < -0.4 is 20.5 Å². The molecule has 0 radical (unpaired) electrons. The van der Waals surface area contributed by atoms with E-state index in [4.69, 9.17) is 19.9 Å². The van der Waals surface area contributed by atoms with E-state index in [9.17, 15) is 9.59 Å². The van der Waals surface area contributed by atoms with Crippen LogP contribution in [0, 0.1) is 22.7 Å². The number of nitrogens with two attached hydrogens (primary N) is 1. The first-order chi connectivity index (χ1) is 14.7. The van der Waals surface area contributed by atoms with Crippen molar-refractivity contribution in [3.8, 4) is 11.5 Å². The summed E-state index contributed by atoms with van der Waals surface area (Å²) in [5, 5.41) is 3.39. The number of fused-ring (bicyclic) bond motifs is 1. The minimum atomic E-state index is -0.534. The molecular weight excluding hydrogens is 396 g/mol. The third kappa shape index (κ3) is 3.56. The van der Waals surface area contributed by atoms with Gasteiger partial charge in [0.05, 0.1) is 13.2 Å². The Hall–Kier alpha value is -2.28. The zero-order valence-electron chi connectivity index (χ0n) is 18.9. The lowest BCUT2D eigenvalue weighted by Crippen LogP contribution is -2.58. The highest BCUT2D eigenvalue weighted by Crippen LogP contribution is 2.70. The maximum absolute atomic E-state index is 12.4. The van der Waals surface area contributed by atoms with Crippen molar-refractivity contribution in [2.75, 3.05) is 20.3 Å². The molecule has 4 rings (SSSR count).